The van der Waals surface area contributed by atoms with Crippen molar-refractivity contribution in [2.45, 2.75) is 6.92 Å². The molecular formula is C18H11NO3. The zero-order chi connectivity index (χ0) is 15.4. The van der Waals surface area contributed by atoms with Gasteiger partial charge in [0.05, 0.1) is 10.7 Å². The summed E-state index contributed by atoms with van der Waals surface area (Å²) in [6, 6.07) is 12.3. The van der Waals surface area contributed by atoms with Crippen molar-refractivity contribution < 1.29 is 5.11 Å². The van der Waals surface area contributed by atoms with Crippen LogP contribution >= 0.6 is 0 Å². The Kier molecular flexibility index (Phi) is 2.45. The van der Waals surface area contributed by atoms with Gasteiger partial charge in [-0.25, -0.2) is 4.98 Å². The summed E-state index contributed by atoms with van der Waals surface area (Å²) in [4.78, 5) is 29.0. The normalized spacial score (nSPS) is 13.1. The molecule has 4 nitrogen and oxygen atoms in total. The molecule has 1 N–H and O–H groups in total. The molecule has 0 spiro atoms. The molecule has 0 fully saturated rings. The number of aromatic nitrogens is 1. The van der Waals surface area contributed by atoms with Crippen LogP contribution in [0.1, 0.15) is 6.92 Å². The van der Waals surface area contributed by atoms with Crippen LogP contribution in [0.4, 0.5) is 0 Å². The van der Waals surface area contributed by atoms with Crippen molar-refractivity contribution in [3.63, 3.8) is 0 Å². The van der Waals surface area contributed by atoms with E-state index in [4.69, 9.17) is 0 Å². The van der Waals surface area contributed by atoms with E-state index in [1.54, 1.807) is 36.4 Å². The van der Waals surface area contributed by atoms with Gasteiger partial charge in [-0.3, -0.25) is 9.59 Å². The molecule has 1 aliphatic heterocycles. The minimum atomic E-state index is -0.483. The summed E-state index contributed by atoms with van der Waals surface area (Å²) in [6.45, 7) is 1.46. The molecule has 2 aromatic rings. The molecule has 1 heterocycles. The molecule has 22 heavy (non-hydrogen) atoms. The molecule has 2 aliphatic rings. The van der Waals surface area contributed by atoms with Gasteiger partial charge in [-0.1, -0.05) is 36.4 Å². The highest BCUT2D eigenvalue weighted by Crippen LogP contribution is 2.17. The second kappa shape index (κ2) is 4.24. The van der Waals surface area contributed by atoms with Gasteiger partial charge in [0.1, 0.15) is 5.76 Å². The summed E-state index contributed by atoms with van der Waals surface area (Å²) in [7, 11) is 0. The van der Waals surface area contributed by atoms with Gasteiger partial charge >= 0.3 is 0 Å². The highest BCUT2D eigenvalue weighted by atomic mass is 16.3. The molecule has 4 rings (SSSR count). The Morgan fingerprint density at radius 1 is 0.909 bits per heavy atom. The average molecular weight is 289 g/mol. The summed E-state index contributed by atoms with van der Waals surface area (Å²) in [5.41, 5.74) is -0.0927. The van der Waals surface area contributed by atoms with Gasteiger partial charge in [-0.05, 0) is 18.4 Å². The van der Waals surface area contributed by atoms with Crippen LogP contribution < -0.4 is 16.2 Å². The first-order valence-electron chi connectivity index (χ1n) is 6.90. The summed E-state index contributed by atoms with van der Waals surface area (Å²) in [5.74, 6) is -0.0895. The van der Waals surface area contributed by atoms with E-state index in [0.29, 0.717) is 32.1 Å². The third-order valence-electron chi connectivity index (χ3n) is 4.03. The highest BCUT2D eigenvalue weighted by molar-refractivity contribution is 5.90. The Bertz CT molecular complexity index is 1270. The minimum Gasteiger partial charge on any atom is -0.512 e. The molecule has 0 bridgehead atoms. The molecule has 0 saturated carbocycles. The van der Waals surface area contributed by atoms with E-state index in [2.05, 4.69) is 4.98 Å². The molecule has 1 aliphatic carbocycles. The van der Waals surface area contributed by atoms with Crippen molar-refractivity contribution in [1.29, 1.82) is 0 Å². The number of aliphatic hydroxyl groups excluding tert-OH is 1. The maximum atomic E-state index is 12.7. The fourth-order valence-corrected chi connectivity index (χ4v) is 3.13. The van der Waals surface area contributed by atoms with Gasteiger partial charge in [-0.2, -0.15) is 0 Å². The molecule has 4 heteroatoms. The third-order valence-corrected chi connectivity index (χ3v) is 4.03. The Balaban J connectivity index is 2.70. The van der Waals surface area contributed by atoms with Crippen LogP contribution in [-0.2, 0) is 0 Å². The Labute approximate surface area is 124 Å². The van der Waals surface area contributed by atoms with Crippen molar-refractivity contribution in [2.75, 3.05) is 0 Å². The summed E-state index contributed by atoms with van der Waals surface area (Å²) >= 11 is 0. The summed E-state index contributed by atoms with van der Waals surface area (Å²) in [6.07, 6.45) is 0. The van der Waals surface area contributed by atoms with Gasteiger partial charge in [0.2, 0.25) is 0 Å². The largest absolute Gasteiger partial charge is 0.512 e. The summed E-state index contributed by atoms with van der Waals surface area (Å²) in [5, 5.41) is 13.1. The maximum absolute atomic E-state index is 12.7. The van der Waals surface area contributed by atoms with Crippen LogP contribution in [0.3, 0.4) is 0 Å². The van der Waals surface area contributed by atoms with E-state index in [1.807, 2.05) is 6.07 Å². The van der Waals surface area contributed by atoms with Crippen molar-refractivity contribution in [3.05, 3.63) is 78.7 Å². The molecule has 106 valence electrons. The lowest BCUT2D eigenvalue weighted by molar-refractivity contribution is 0.498. The zero-order valence-corrected chi connectivity index (χ0v) is 11.8. The van der Waals surface area contributed by atoms with E-state index in [-0.39, 0.29) is 16.4 Å². The Morgan fingerprint density at radius 3 is 2.32 bits per heavy atom. The van der Waals surface area contributed by atoms with Crippen LogP contribution in [0.5, 0.6) is 0 Å². The smallest absolute Gasteiger partial charge is 0.281 e. The maximum Gasteiger partial charge on any atom is 0.281 e. The van der Waals surface area contributed by atoms with Crippen LogP contribution in [0.2, 0.25) is 0 Å². The SMILES string of the molecule is CC(O)=c1c(=O)nc2cccc3c2=c1c1ccccc1c3=O. The summed E-state index contributed by atoms with van der Waals surface area (Å²) < 4.78 is 0. The second-order valence-electron chi connectivity index (χ2n) is 5.33. The first-order valence-corrected chi connectivity index (χ1v) is 6.90. The van der Waals surface area contributed by atoms with Crippen LogP contribution in [0.25, 0.3) is 27.4 Å². The van der Waals surface area contributed by atoms with Crippen LogP contribution in [-0.4, -0.2) is 10.1 Å². The topological polar surface area (TPSA) is 67.3 Å². The number of aliphatic hydroxyl groups is 1. The molecule has 0 aromatic heterocycles. The van der Waals surface area contributed by atoms with Crippen molar-refractivity contribution in [2.24, 2.45) is 0 Å². The van der Waals surface area contributed by atoms with Crippen molar-refractivity contribution in [3.8, 4) is 0 Å². The fourth-order valence-electron chi connectivity index (χ4n) is 3.13. The average Bonchev–Trinajstić information content (AvgIpc) is 2.51. The van der Waals surface area contributed by atoms with E-state index < -0.39 is 5.56 Å². The lowest BCUT2D eigenvalue weighted by Crippen LogP contribution is -2.32. The number of nitrogens with zero attached hydrogens (tertiary/aromatic N) is 1. The number of benzene rings is 2. The van der Waals surface area contributed by atoms with Gasteiger partial charge < -0.3 is 5.11 Å². The predicted octanol–water partition coefficient (Wildman–Crippen LogP) is 1.68. The van der Waals surface area contributed by atoms with E-state index >= 15 is 0 Å². The van der Waals surface area contributed by atoms with Crippen molar-refractivity contribution in [1.82, 2.24) is 4.98 Å². The zero-order valence-electron chi connectivity index (χ0n) is 11.8. The number of hydrogen-bond donors (Lipinski definition) is 1. The highest BCUT2D eigenvalue weighted by Gasteiger charge is 2.13. The van der Waals surface area contributed by atoms with Crippen molar-refractivity contribution >= 4 is 27.4 Å². The third kappa shape index (κ3) is 1.49. The monoisotopic (exact) mass is 289 g/mol. The Morgan fingerprint density at radius 2 is 1.59 bits per heavy atom. The van der Waals surface area contributed by atoms with E-state index in [9.17, 15) is 14.7 Å². The molecule has 2 aromatic carbocycles. The molecule has 0 unspecified atom stereocenters. The molecule has 0 radical (unpaired) electrons. The van der Waals surface area contributed by atoms with Gasteiger partial charge in [-0.15, -0.1) is 0 Å². The minimum absolute atomic E-state index is 0.0873. The van der Waals surface area contributed by atoms with Gasteiger partial charge in [0.25, 0.3) is 5.56 Å². The van der Waals surface area contributed by atoms with Crippen LogP contribution in [0.15, 0.2) is 52.1 Å². The first-order chi connectivity index (χ1) is 10.6. The van der Waals surface area contributed by atoms with E-state index in [0.717, 1.165) is 0 Å². The van der Waals surface area contributed by atoms with Gasteiger partial charge in [0.15, 0.2) is 5.43 Å². The fraction of sp³-hybridized carbons (Fsp3) is 0.0556. The lowest BCUT2D eigenvalue weighted by Gasteiger charge is -2.06. The van der Waals surface area contributed by atoms with Gasteiger partial charge in [0, 0.05) is 21.2 Å². The molecule has 0 atom stereocenters. The molecular weight excluding hydrogens is 278 g/mol. The van der Waals surface area contributed by atoms with Crippen LogP contribution in [0, 0.1) is 10.4 Å². The molecule has 0 saturated heterocycles. The quantitative estimate of drug-likeness (QED) is 0.535. The predicted molar refractivity (Wildman–Crippen MR) is 85.2 cm³/mol. The number of hydrogen-bond acceptors (Lipinski definition) is 4. The van der Waals surface area contributed by atoms with E-state index in [1.165, 1.54) is 6.92 Å². The standard InChI is InChI=1S/C18H11NO3/c1-9(20)14-16-10-5-2-3-6-11(10)17(21)12-7-4-8-13(15(12)16)19-18(14)22/h2-8,20H,1H3. The number of rotatable bonds is 0. The molecule has 0 amide bonds. The second-order valence-corrected chi connectivity index (χ2v) is 5.33. The first kappa shape index (κ1) is 12.7. The lowest BCUT2D eigenvalue weighted by atomic mass is 9.98. The number of fused-ring (bicyclic) bond motifs is 2. The Hall–Kier alpha value is -3.01.